The maximum absolute atomic E-state index is 14.5. The molecule has 0 radical (unpaired) electrons. The maximum atomic E-state index is 14.5. The number of rotatable bonds is 13. The number of nitrogens with zero attached hydrogens (tertiary/aromatic N) is 4. The van der Waals surface area contributed by atoms with Crippen LogP contribution in [0.25, 0.3) is 0 Å². The standard InChI is InChI=1S/C52H87FN6O14/c1-15-40-52(11,66)44(61)33(7)57(13)24-28(2)22-50(9,65)46(31(5)43(32(6)47(63)71-40)72-41-23-51(10,67-14)45(62)34(8)69-41)73-48-42(60)39(21-30(4)68-48)56(12)19-18-35-25-58(55-54-35)26-37-27-59(49(64)70-37)36-16-17-38(53)29(3)20-36/h16-17,20,25,28,30-34,37,39-46,48,54-55,60-62,65-66H,15,18-19,21-24,26-27H2,1-14H3/t28-,30-,31+,32-,33-,34+,37+,39+,40-,41+,42-,43+,44-,45+,46-,48+,50-,51-,52-/m1/s1. The minimum absolute atomic E-state index is 0.0887. The molecule has 1 aromatic carbocycles. The van der Waals surface area contributed by atoms with Gasteiger partial charge in [0.05, 0.1) is 54.6 Å². The Kier molecular flexibility index (Phi) is 19.3. The van der Waals surface area contributed by atoms with E-state index in [9.17, 15) is 39.5 Å². The SMILES string of the molecule is CC[C@H]1OC(=O)[C@H](C)[C@@H](O[C@H]2C[C@@](C)(OC)[C@@H](O)[C@H](C)O2)[C@H](C)[C@@H](O[C@@H]2O[C@H](C)C[C@H](N(C)CCC3=CN(C[C@H]4CN(c5ccc(F)c(C)c5)C(=O)O4)NN3)[C@H]2O)[C@](C)(O)C[C@@H](C)CN(C)[C@H](C)[C@@H](O)[C@]1(C)O. The minimum atomic E-state index is -1.85. The van der Waals surface area contributed by atoms with E-state index in [0.717, 1.165) is 5.70 Å². The van der Waals surface area contributed by atoms with Gasteiger partial charge in [-0.2, -0.15) is 0 Å². The third-order valence-corrected chi connectivity index (χ3v) is 16.2. The summed E-state index contributed by atoms with van der Waals surface area (Å²) in [6.45, 7) is 20.7. The van der Waals surface area contributed by atoms with E-state index in [2.05, 4.69) is 11.0 Å². The summed E-state index contributed by atoms with van der Waals surface area (Å²) >= 11 is 0. The average molecular weight is 1040 g/mol. The molecule has 4 fully saturated rings. The molecule has 416 valence electrons. The number of likely N-dealkylation sites (N-methyl/N-ethyl adjacent to an activating group) is 2. The number of aliphatic hydroxyl groups is 5. The fourth-order valence-electron chi connectivity index (χ4n) is 11.6. The first kappa shape index (κ1) is 59.0. The number of benzene rings is 1. The highest BCUT2D eigenvalue weighted by Gasteiger charge is 2.53. The first-order valence-corrected chi connectivity index (χ1v) is 26.1. The molecule has 0 unspecified atom stereocenters. The quantitative estimate of drug-likeness (QED) is 0.140. The molecule has 6 rings (SSSR count). The Balaban J connectivity index is 1.22. The number of hydrazine groups is 2. The van der Waals surface area contributed by atoms with E-state index in [-0.39, 0.29) is 37.1 Å². The Labute approximate surface area is 431 Å². The largest absolute Gasteiger partial charge is 0.459 e. The normalized spacial score (nSPS) is 41.7. The molecule has 7 N–H and O–H groups in total. The summed E-state index contributed by atoms with van der Waals surface area (Å²) < 4.78 is 57.9. The zero-order chi connectivity index (χ0) is 54.1. The predicted molar refractivity (Wildman–Crippen MR) is 268 cm³/mol. The van der Waals surface area contributed by atoms with Crippen LogP contribution in [0.1, 0.15) is 107 Å². The van der Waals surface area contributed by atoms with Crippen molar-refractivity contribution < 1.29 is 72.7 Å². The van der Waals surface area contributed by atoms with Crippen molar-refractivity contribution in [1.82, 2.24) is 25.8 Å². The first-order chi connectivity index (χ1) is 34.1. The molecule has 0 saturated carbocycles. The van der Waals surface area contributed by atoms with Crippen molar-refractivity contribution in [3.8, 4) is 0 Å². The molecular formula is C52H87FN6O14. The van der Waals surface area contributed by atoms with Gasteiger partial charge in [-0.1, -0.05) is 20.8 Å². The van der Waals surface area contributed by atoms with Crippen molar-refractivity contribution in [3.63, 3.8) is 0 Å². The Morgan fingerprint density at radius 2 is 1.66 bits per heavy atom. The lowest BCUT2D eigenvalue weighted by atomic mass is 9.77. The molecule has 21 heteroatoms. The van der Waals surface area contributed by atoms with Gasteiger partial charge in [0.25, 0.3) is 0 Å². The van der Waals surface area contributed by atoms with Gasteiger partial charge in [-0.05, 0) is 118 Å². The number of amides is 1. The second-order valence-electron chi connectivity index (χ2n) is 22.5. The molecule has 4 saturated heterocycles. The summed E-state index contributed by atoms with van der Waals surface area (Å²) in [4.78, 5) is 32.7. The maximum Gasteiger partial charge on any atom is 0.414 e. The molecule has 1 amide bonds. The number of nitrogens with one attached hydrogen (secondary N) is 2. The lowest BCUT2D eigenvalue weighted by molar-refractivity contribution is -0.318. The van der Waals surface area contributed by atoms with E-state index in [1.807, 2.05) is 43.9 Å². The topological polar surface area (TPSA) is 237 Å². The number of cyclic esters (lactones) is 2. The van der Waals surface area contributed by atoms with Crippen LogP contribution in [0.5, 0.6) is 0 Å². The molecule has 19 atom stereocenters. The monoisotopic (exact) mass is 1040 g/mol. The first-order valence-electron chi connectivity index (χ1n) is 26.1. The van der Waals surface area contributed by atoms with Gasteiger partial charge in [-0.15, -0.1) is 5.53 Å². The molecule has 0 aliphatic carbocycles. The number of ether oxygens (including phenoxy) is 7. The molecule has 5 aliphatic rings. The second-order valence-corrected chi connectivity index (χ2v) is 22.5. The van der Waals surface area contributed by atoms with E-state index in [4.69, 9.17) is 33.2 Å². The Hall–Kier alpha value is -3.29. The number of anilines is 1. The zero-order valence-corrected chi connectivity index (χ0v) is 45.5. The van der Waals surface area contributed by atoms with Crippen molar-refractivity contribution in [2.75, 3.05) is 52.3 Å². The Morgan fingerprint density at radius 3 is 2.32 bits per heavy atom. The van der Waals surface area contributed by atoms with Crippen LogP contribution in [0.4, 0.5) is 14.9 Å². The van der Waals surface area contributed by atoms with Gasteiger partial charge < -0.3 is 73.9 Å². The van der Waals surface area contributed by atoms with Crippen LogP contribution >= 0.6 is 0 Å². The van der Waals surface area contributed by atoms with Gasteiger partial charge in [-0.3, -0.25) is 14.7 Å². The molecule has 1 aromatic rings. The Morgan fingerprint density at radius 1 is 0.959 bits per heavy atom. The van der Waals surface area contributed by atoms with Gasteiger partial charge in [0.1, 0.15) is 41.9 Å². The summed E-state index contributed by atoms with van der Waals surface area (Å²) in [7, 11) is 5.24. The number of aliphatic hydroxyl groups excluding tert-OH is 3. The van der Waals surface area contributed by atoms with Crippen LogP contribution in [0.3, 0.4) is 0 Å². The highest BCUT2D eigenvalue weighted by atomic mass is 19.1. The van der Waals surface area contributed by atoms with Crippen molar-refractivity contribution >= 4 is 17.7 Å². The van der Waals surface area contributed by atoms with Gasteiger partial charge in [-0.25, -0.2) is 9.18 Å². The predicted octanol–water partition coefficient (Wildman–Crippen LogP) is 3.30. The number of hydrogen-bond donors (Lipinski definition) is 7. The molecule has 73 heavy (non-hydrogen) atoms. The van der Waals surface area contributed by atoms with Gasteiger partial charge in [0, 0.05) is 68.6 Å². The number of hydrogen-bond acceptors (Lipinski definition) is 19. The highest BCUT2D eigenvalue weighted by molar-refractivity contribution is 5.89. The lowest BCUT2D eigenvalue weighted by Gasteiger charge is -2.49. The second kappa shape index (κ2) is 23.9. The van der Waals surface area contributed by atoms with Crippen LogP contribution in [0.2, 0.25) is 0 Å². The molecule has 5 heterocycles. The number of carbonyl (C=O) groups is 2. The van der Waals surface area contributed by atoms with Crippen molar-refractivity contribution in [2.45, 2.75) is 205 Å². The summed E-state index contributed by atoms with van der Waals surface area (Å²) in [6.07, 6.45) is -7.79. The third kappa shape index (κ3) is 13.5. The van der Waals surface area contributed by atoms with E-state index in [0.29, 0.717) is 50.3 Å². The van der Waals surface area contributed by atoms with Gasteiger partial charge in [0.15, 0.2) is 12.6 Å². The van der Waals surface area contributed by atoms with E-state index in [1.54, 1.807) is 72.5 Å². The summed E-state index contributed by atoms with van der Waals surface area (Å²) in [5.41, 5.74) is 3.59. The summed E-state index contributed by atoms with van der Waals surface area (Å²) in [5, 5.41) is 61.5. The van der Waals surface area contributed by atoms with Crippen molar-refractivity contribution in [2.24, 2.45) is 17.8 Å². The lowest BCUT2D eigenvalue weighted by Crippen LogP contribution is -2.61. The number of carbonyl (C=O) groups excluding carboxylic acids is 2. The van der Waals surface area contributed by atoms with Gasteiger partial charge >= 0.3 is 12.1 Å². The highest BCUT2D eigenvalue weighted by Crippen LogP contribution is 2.40. The number of aryl methyl sites for hydroxylation is 1. The van der Waals surface area contributed by atoms with Crippen LogP contribution in [-0.4, -0.2) is 196 Å². The number of methoxy groups -OCH3 is 1. The summed E-state index contributed by atoms with van der Waals surface area (Å²) in [6, 6.07) is 3.48. The Bertz CT molecular complexity index is 2060. The zero-order valence-electron chi connectivity index (χ0n) is 45.5. The van der Waals surface area contributed by atoms with Crippen LogP contribution in [-0.2, 0) is 38.0 Å². The van der Waals surface area contributed by atoms with E-state index < -0.39 is 114 Å². The van der Waals surface area contributed by atoms with E-state index in [1.165, 1.54) is 25.0 Å². The fraction of sp³-hybridized carbons (Fsp3) is 0.808. The summed E-state index contributed by atoms with van der Waals surface area (Å²) in [5.74, 6) is -3.19. The van der Waals surface area contributed by atoms with Crippen LogP contribution in [0.15, 0.2) is 30.1 Å². The van der Waals surface area contributed by atoms with Crippen LogP contribution in [0, 0.1) is 30.5 Å². The van der Waals surface area contributed by atoms with E-state index >= 15 is 0 Å². The molecule has 0 spiro atoms. The van der Waals surface area contributed by atoms with Gasteiger partial charge in [0.2, 0.25) is 0 Å². The third-order valence-electron chi connectivity index (χ3n) is 16.2. The smallest absolute Gasteiger partial charge is 0.414 e. The molecule has 0 aromatic heterocycles. The minimum Gasteiger partial charge on any atom is -0.459 e. The van der Waals surface area contributed by atoms with Crippen molar-refractivity contribution in [3.05, 3.63) is 41.5 Å². The molecule has 20 nitrogen and oxygen atoms in total. The van der Waals surface area contributed by atoms with Crippen molar-refractivity contribution in [1.29, 1.82) is 0 Å². The molecular weight excluding hydrogens is 952 g/mol. The average Bonchev–Trinajstić information content (AvgIpc) is 3.94. The molecule has 5 aliphatic heterocycles. The molecule has 0 bridgehead atoms. The number of esters is 1. The van der Waals surface area contributed by atoms with Crippen LogP contribution < -0.4 is 15.9 Å². The number of halogens is 1. The fourth-order valence-corrected chi connectivity index (χ4v) is 11.6.